The van der Waals surface area contributed by atoms with E-state index in [1.54, 1.807) is 0 Å². The lowest BCUT2D eigenvalue weighted by Gasteiger charge is -2.14. The van der Waals surface area contributed by atoms with Crippen LogP contribution in [0, 0.1) is 0 Å². The van der Waals surface area contributed by atoms with E-state index in [9.17, 15) is 0 Å². The van der Waals surface area contributed by atoms with E-state index in [0.717, 1.165) is 17.9 Å². The molecule has 0 fully saturated rings. The van der Waals surface area contributed by atoms with Crippen molar-refractivity contribution < 1.29 is 4.42 Å². The first kappa shape index (κ1) is 12.2. The van der Waals surface area contributed by atoms with Gasteiger partial charge in [0.05, 0.1) is 6.54 Å². The summed E-state index contributed by atoms with van der Waals surface area (Å²) in [5, 5.41) is 4.74. The number of rotatable bonds is 6. The quantitative estimate of drug-likeness (QED) is 0.809. The highest BCUT2D eigenvalue weighted by molar-refractivity contribution is 5.77. The van der Waals surface area contributed by atoms with Gasteiger partial charge in [-0.25, -0.2) is 0 Å². The van der Waals surface area contributed by atoms with Gasteiger partial charge in [0, 0.05) is 11.4 Å². The van der Waals surface area contributed by atoms with Gasteiger partial charge in [-0.1, -0.05) is 38.5 Å². The monoisotopic (exact) mass is 231 g/mol. The van der Waals surface area contributed by atoms with E-state index in [2.05, 4.69) is 31.3 Å². The molecule has 17 heavy (non-hydrogen) atoms. The largest absolute Gasteiger partial charge is 0.460 e. The Morgan fingerprint density at radius 2 is 2.06 bits per heavy atom. The molecule has 1 N–H and O–H groups in total. The minimum absolute atomic E-state index is 0.605. The van der Waals surface area contributed by atoms with Gasteiger partial charge in [0.15, 0.2) is 0 Å². The minimum atomic E-state index is 0.605. The van der Waals surface area contributed by atoms with Gasteiger partial charge >= 0.3 is 0 Å². The molecule has 1 aromatic carbocycles. The Hall–Kier alpha value is -1.28. The number of nitrogens with one attached hydrogen (secondary N) is 1. The summed E-state index contributed by atoms with van der Waals surface area (Å²) in [4.78, 5) is 0. The molecule has 0 aliphatic carbocycles. The van der Waals surface area contributed by atoms with Crippen LogP contribution in [0.2, 0.25) is 0 Å². The summed E-state index contributed by atoms with van der Waals surface area (Å²) in [6, 6.07) is 10.9. The molecule has 1 aromatic heterocycles. The van der Waals surface area contributed by atoms with Crippen LogP contribution in [0.4, 0.5) is 0 Å². The van der Waals surface area contributed by atoms with Crippen LogP contribution in [0.15, 0.2) is 34.7 Å². The van der Waals surface area contributed by atoms with E-state index in [1.165, 1.54) is 24.6 Å². The first-order valence-electron chi connectivity index (χ1n) is 6.54. The second-order valence-electron chi connectivity index (χ2n) is 4.53. The zero-order chi connectivity index (χ0) is 12.1. The third-order valence-corrected chi connectivity index (χ3v) is 3.17. The highest BCUT2D eigenvalue weighted by Crippen LogP contribution is 2.18. The van der Waals surface area contributed by atoms with Crippen molar-refractivity contribution in [3.63, 3.8) is 0 Å². The molecular formula is C15H21NO. The summed E-state index contributed by atoms with van der Waals surface area (Å²) < 4.78 is 5.78. The molecule has 0 bridgehead atoms. The number of hydrogen-bond donors (Lipinski definition) is 1. The van der Waals surface area contributed by atoms with E-state index in [0.29, 0.717) is 6.04 Å². The van der Waals surface area contributed by atoms with Gasteiger partial charge in [0.2, 0.25) is 0 Å². The Labute approximate surface area is 103 Å². The van der Waals surface area contributed by atoms with Crippen LogP contribution in [-0.2, 0) is 6.54 Å². The van der Waals surface area contributed by atoms with Crippen LogP contribution in [0.25, 0.3) is 11.0 Å². The molecule has 2 rings (SSSR count). The average molecular weight is 231 g/mol. The zero-order valence-electron chi connectivity index (χ0n) is 10.7. The number of benzene rings is 1. The number of hydrogen-bond acceptors (Lipinski definition) is 2. The standard InChI is InChI=1S/C15H21NO/c1-3-7-13(4-2)16-11-14-10-12-8-5-6-9-15(12)17-14/h5-6,8-10,13,16H,3-4,7,11H2,1-2H3. The van der Waals surface area contributed by atoms with E-state index >= 15 is 0 Å². The van der Waals surface area contributed by atoms with E-state index < -0.39 is 0 Å². The highest BCUT2D eigenvalue weighted by atomic mass is 16.3. The fourth-order valence-corrected chi connectivity index (χ4v) is 2.17. The molecule has 0 aliphatic heterocycles. The predicted molar refractivity (Wildman–Crippen MR) is 72.0 cm³/mol. The fourth-order valence-electron chi connectivity index (χ4n) is 2.17. The van der Waals surface area contributed by atoms with Crippen LogP contribution in [-0.4, -0.2) is 6.04 Å². The molecule has 0 spiro atoms. The summed E-state index contributed by atoms with van der Waals surface area (Å²) in [7, 11) is 0. The maximum Gasteiger partial charge on any atom is 0.134 e. The van der Waals surface area contributed by atoms with E-state index in [1.807, 2.05) is 18.2 Å². The molecule has 2 heteroatoms. The maximum absolute atomic E-state index is 5.78. The lowest BCUT2D eigenvalue weighted by atomic mass is 10.1. The molecule has 0 aliphatic rings. The Balaban J connectivity index is 1.98. The third-order valence-electron chi connectivity index (χ3n) is 3.17. The normalized spacial score (nSPS) is 13.1. The van der Waals surface area contributed by atoms with E-state index in [4.69, 9.17) is 4.42 Å². The summed E-state index contributed by atoms with van der Waals surface area (Å²) in [6.45, 7) is 5.28. The van der Waals surface area contributed by atoms with Crippen molar-refractivity contribution >= 4 is 11.0 Å². The van der Waals surface area contributed by atoms with Crippen LogP contribution in [0.1, 0.15) is 38.9 Å². The number of fused-ring (bicyclic) bond motifs is 1. The van der Waals surface area contributed by atoms with Crippen molar-refractivity contribution in [1.29, 1.82) is 0 Å². The van der Waals surface area contributed by atoms with Gasteiger partial charge in [-0.15, -0.1) is 0 Å². The van der Waals surface area contributed by atoms with Crippen molar-refractivity contribution in [2.75, 3.05) is 0 Å². The van der Waals surface area contributed by atoms with Crippen molar-refractivity contribution in [3.8, 4) is 0 Å². The summed E-state index contributed by atoms with van der Waals surface area (Å²) in [5.74, 6) is 1.03. The second kappa shape index (κ2) is 5.87. The molecule has 2 aromatic rings. The lowest BCUT2D eigenvalue weighted by Crippen LogP contribution is -2.27. The zero-order valence-corrected chi connectivity index (χ0v) is 10.7. The van der Waals surface area contributed by atoms with Gasteiger partial charge in [-0.2, -0.15) is 0 Å². The van der Waals surface area contributed by atoms with Gasteiger partial charge in [-0.3, -0.25) is 0 Å². The third kappa shape index (κ3) is 3.10. The first-order chi connectivity index (χ1) is 8.33. The highest BCUT2D eigenvalue weighted by Gasteiger charge is 2.07. The van der Waals surface area contributed by atoms with Crippen molar-refractivity contribution in [2.45, 2.75) is 45.7 Å². The average Bonchev–Trinajstić information content (AvgIpc) is 2.77. The van der Waals surface area contributed by atoms with Crippen molar-refractivity contribution in [2.24, 2.45) is 0 Å². The Morgan fingerprint density at radius 3 is 2.76 bits per heavy atom. The SMILES string of the molecule is CCCC(CC)NCc1cc2ccccc2o1. The van der Waals surface area contributed by atoms with Gasteiger partial charge < -0.3 is 9.73 Å². The number of furan rings is 1. The van der Waals surface area contributed by atoms with Gasteiger partial charge in [0.25, 0.3) is 0 Å². The molecule has 1 heterocycles. The summed E-state index contributed by atoms with van der Waals surface area (Å²) in [6.07, 6.45) is 3.64. The smallest absolute Gasteiger partial charge is 0.134 e. The van der Waals surface area contributed by atoms with Gasteiger partial charge in [-0.05, 0) is 25.0 Å². The maximum atomic E-state index is 5.78. The Bertz CT molecular complexity index is 428. The molecule has 0 radical (unpaired) electrons. The molecule has 1 atom stereocenters. The number of para-hydroxylation sites is 1. The van der Waals surface area contributed by atoms with Crippen molar-refractivity contribution in [3.05, 3.63) is 36.1 Å². The Morgan fingerprint density at radius 1 is 1.24 bits per heavy atom. The minimum Gasteiger partial charge on any atom is -0.460 e. The summed E-state index contributed by atoms with van der Waals surface area (Å²) in [5.41, 5.74) is 0.979. The fraction of sp³-hybridized carbons (Fsp3) is 0.467. The van der Waals surface area contributed by atoms with E-state index in [-0.39, 0.29) is 0 Å². The van der Waals surface area contributed by atoms with Gasteiger partial charge in [0.1, 0.15) is 11.3 Å². The van der Waals surface area contributed by atoms with Crippen molar-refractivity contribution in [1.82, 2.24) is 5.32 Å². The first-order valence-corrected chi connectivity index (χ1v) is 6.54. The molecule has 1 unspecified atom stereocenters. The molecule has 0 saturated heterocycles. The van der Waals surface area contributed by atoms with Crippen LogP contribution in [0.3, 0.4) is 0 Å². The predicted octanol–water partition coefficient (Wildman–Crippen LogP) is 4.10. The lowest BCUT2D eigenvalue weighted by molar-refractivity contribution is 0.428. The topological polar surface area (TPSA) is 25.2 Å². The molecule has 92 valence electrons. The molecule has 0 saturated carbocycles. The summed E-state index contributed by atoms with van der Waals surface area (Å²) >= 11 is 0. The van der Waals surface area contributed by atoms with Crippen LogP contribution >= 0.6 is 0 Å². The molecule has 2 nitrogen and oxygen atoms in total. The molecule has 0 amide bonds. The van der Waals surface area contributed by atoms with Crippen LogP contribution in [0.5, 0.6) is 0 Å². The Kier molecular flexibility index (Phi) is 4.21. The van der Waals surface area contributed by atoms with Crippen LogP contribution < -0.4 is 5.32 Å². The second-order valence-corrected chi connectivity index (χ2v) is 4.53. The molecular weight excluding hydrogens is 210 g/mol.